The summed E-state index contributed by atoms with van der Waals surface area (Å²) in [4.78, 5) is 23.7. The summed E-state index contributed by atoms with van der Waals surface area (Å²) in [5.41, 5.74) is 3.37. The van der Waals surface area contributed by atoms with Crippen molar-refractivity contribution in [1.29, 1.82) is 0 Å². The molecule has 1 aromatic carbocycles. The lowest BCUT2D eigenvalue weighted by molar-refractivity contribution is 0.134. The smallest absolute Gasteiger partial charge is 0.324 e. The van der Waals surface area contributed by atoms with Gasteiger partial charge >= 0.3 is 6.03 Å². The van der Waals surface area contributed by atoms with Crippen LogP contribution in [0, 0.1) is 0 Å². The summed E-state index contributed by atoms with van der Waals surface area (Å²) >= 11 is 0. The van der Waals surface area contributed by atoms with Crippen molar-refractivity contribution in [2.45, 2.75) is 31.8 Å². The molecule has 2 aliphatic rings. The fourth-order valence-corrected chi connectivity index (χ4v) is 4.07. The molecule has 0 saturated carbocycles. The summed E-state index contributed by atoms with van der Waals surface area (Å²) in [6, 6.07) is 15.2. The van der Waals surface area contributed by atoms with E-state index >= 15 is 0 Å². The minimum atomic E-state index is 0.140. The second-order valence-electron chi connectivity index (χ2n) is 7.27. The van der Waals surface area contributed by atoms with Gasteiger partial charge in [-0.1, -0.05) is 30.3 Å². The molecule has 5 heteroatoms. The molecule has 2 aromatic rings. The van der Waals surface area contributed by atoms with Crippen molar-refractivity contribution in [3.8, 4) is 0 Å². The number of hydrogen-bond acceptors (Lipinski definition) is 3. The van der Waals surface area contributed by atoms with Gasteiger partial charge in [0.2, 0.25) is 0 Å². The number of carbonyl (C=O) groups excluding carboxylic acids is 1. The molecule has 0 radical (unpaired) electrons. The number of carbonyl (C=O) groups is 1. The van der Waals surface area contributed by atoms with Crippen LogP contribution in [-0.4, -0.2) is 53.5 Å². The lowest BCUT2D eigenvalue weighted by Crippen LogP contribution is -2.49. The molecule has 1 saturated heterocycles. The van der Waals surface area contributed by atoms with Gasteiger partial charge in [0.05, 0.1) is 11.4 Å². The molecule has 2 amide bonds. The number of rotatable bonds is 3. The maximum absolute atomic E-state index is 12.9. The van der Waals surface area contributed by atoms with Gasteiger partial charge in [0.15, 0.2) is 0 Å². The molecule has 0 N–H and O–H groups in total. The van der Waals surface area contributed by atoms with Gasteiger partial charge in [-0.15, -0.1) is 0 Å². The van der Waals surface area contributed by atoms with Gasteiger partial charge in [-0.25, -0.2) is 4.79 Å². The van der Waals surface area contributed by atoms with Gasteiger partial charge in [0.25, 0.3) is 0 Å². The molecule has 0 spiro atoms. The topological polar surface area (TPSA) is 39.7 Å². The molecular weight excluding hydrogens is 324 g/mol. The maximum atomic E-state index is 12.9. The van der Waals surface area contributed by atoms with E-state index in [1.807, 2.05) is 21.9 Å². The van der Waals surface area contributed by atoms with E-state index < -0.39 is 0 Å². The fourth-order valence-electron chi connectivity index (χ4n) is 4.07. The number of aromatic nitrogens is 1. The second kappa shape index (κ2) is 7.46. The molecule has 5 nitrogen and oxygen atoms in total. The van der Waals surface area contributed by atoms with Gasteiger partial charge in [0, 0.05) is 44.8 Å². The van der Waals surface area contributed by atoms with E-state index in [0.29, 0.717) is 6.04 Å². The normalized spacial score (nSPS) is 17.6. The van der Waals surface area contributed by atoms with E-state index in [-0.39, 0.29) is 6.03 Å². The summed E-state index contributed by atoms with van der Waals surface area (Å²) < 4.78 is 0. The third kappa shape index (κ3) is 3.44. The van der Waals surface area contributed by atoms with Crippen LogP contribution in [0.15, 0.2) is 48.7 Å². The maximum Gasteiger partial charge on any atom is 0.324 e. The zero-order valence-corrected chi connectivity index (χ0v) is 15.3. The van der Waals surface area contributed by atoms with Gasteiger partial charge in [0.1, 0.15) is 0 Å². The number of hydrogen-bond donors (Lipinski definition) is 0. The molecule has 26 heavy (non-hydrogen) atoms. The Hall–Kier alpha value is -2.40. The van der Waals surface area contributed by atoms with Crippen molar-refractivity contribution in [1.82, 2.24) is 14.8 Å². The zero-order valence-electron chi connectivity index (χ0n) is 15.3. The van der Waals surface area contributed by atoms with Crippen molar-refractivity contribution >= 4 is 11.7 Å². The van der Waals surface area contributed by atoms with Crippen LogP contribution in [0.25, 0.3) is 0 Å². The Kier molecular flexibility index (Phi) is 4.89. The number of benzene rings is 1. The number of anilines is 1. The molecule has 1 aromatic heterocycles. The van der Waals surface area contributed by atoms with Crippen LogP contribution in [0.4, 0.5) is 10.5 Å². The van der Waals surface area contributed by atoms with Crippen LogP contribution in [0.5, 0.6) is 0 Å². The minimum Gasteiger partial charge on any atom is -0.324 e. The second-order valence-corrected chi connectivity index (χ2v) is 7.27. The van der Waals surface area contributed by atoms with Crippen LogP contribution < -0.4 is 4.90 Å². The number of pyridine rings is 1. The lowest BCUT2D eigenvalue weighted by atomic mass is 10.0. The number of piperidine rings is 1. The molecule has 0 bridgehead atoms. The zero-order chi connectivity index (χ0) is 17.9. The van der Waals surface area contributed by atoms with Crippen molar-refractivity contribution in [2.75, 3.05) is 31.6 Å². The third-order valence-electron chi connectivity index (χ3n) is 5.59. The van der Waals surface area contributed by atoms with E-state index in [2.05, 4.69) is 47.3 Å². The molecule has 0 unspecified atom stereocenters. The Morgan fingerprint density at radius 3 is 2.65 bits per heavy atom. The molecule has 3 heterocycles. The molecular formula is C21H26N4O. The highest BCUT2D eigenvalue weighted by atomic mass is 16.2. The van der Waals surface area contributed by atoms with Gasteiger partial charge in [-0.2, -0.15) is 0 Å². The largest absolute Gasteiger partial charge is 0.324 e. The first-order valence-corrected chi connectivity index (χ1v) is 9.47. The first kappa shape index (κ1) is 17.0. The predicted molar refractivity (Wildman–Crippen MR) is 103 cm³/mol. The SMILES string of the molecule is CN(Cc1ccccc1)C1CCN(C(=O)N2CCc3ncccc32)CC1. The van der Waals surface area contributed by atoms with Crippen molar-refractivity contribution in [3.63, 3.8) is 0 Å². The molecule has 0 aliphatic carbocycles. The molecule has 136 valence electrons. The van der Waals surface area contributed by atoms with Crippen molar-refractivity contribution in [2.24, 2.45) is 0 Å². The Labute approximate surface area is 155 Å². The monoisotopic (exact) mass is 350 g/mol. The number of likely N-dealkylation sites (tertiary alicyclic amines) is 1. The van der Waals surface area contributed by atoms with E-state index in [9.17, 15) is 4.79 Å². The molecule has 4 rings (SSSR count). The summed E-state index contributed by atoms with van der Waals surface area (Å²) in [6.45, 7) is 3.37. The Balaban J connectivity index is 1.33. The number of urea groups is 1. The Morgan fingerprint density at radius 1 is 1.12 bits per heavy atom. The van der Waals surface area contributed by atoms with Gasteiger partial charge in [-0.3, -0.25) is 14.8 Å². The van der Waals surface area contributed by atoms with Crippen LogP contribution >= 0.6 is 0 Å². The van der Waals surface area contributed by atoms with E-state index in [1.165, 1.54) is 5.56 Å². The first-order chi connectivity index (χ1) is 12.7. The number of fused-ring (bicyclic) bond motifs is 1. The highest BCUT2D eigenvalue weighted by Crippen LogP contribution is 2.28. The predicted octanol–water partition coefficient (Wildman–Crippen LogP) is 3.16. The summed E-state index contributed by atoms with van der Waals surface area (Å²) in [6.07, 6.45) is 4.73. The first-order valence-electron chi connectivity index (χ1n) is 9.47. The van der Waals surface area contributed by atoms with E-state index in [1.54, 1.807) is 6.20 Å². The molecule has 2 aliphatic heterocycles. The lowest BCUT2D eigenvalue weighted by Gasteiger charge is -2.38. The quantitative estimate of drug-likeness (QED) is 0.854. The van der Waals surface area contributed by atoms with Crippen LogP contribution in [0.2, 0.25) is 0 Å². The van der Waals surface area contributed by atoms with Crippen LogP contribution in [0.1, 0.15) is 24.1 Å². The van der Waals surface area contributed by atoms with E-state index in [0.717, 1.165) is 56.8 Å². The third-order valence-corrected chi connectivity index (χ3v) is 5.59. The summed E-state index contributed by atoms with van der Waals surface area (Å²) in [7, 11) is 2.19. The standard InChI is InChI=1S/C21H26N4O/c1-23(16-17-6-3-2-4-7-17)18-9-13-24(14-10-18)21(26)25-15-11-19-20(25)8-5-12-22-19/h2-8,12,18H,9-11,13-16H2,1H3. The van der Waals surface area contributed by atoms with E-state index in [4.69, 9.17) is 0 Å². The Bertz CT molecular complexity index is 756. The highest BCUT2D eigenvalue weighted by Gasteiger charge is 2.32. The molecule has 0 atom stereocenters. The van der Waals surface area contributed by atoms with Crippen molar-refractivity contribution < 1.29 is 4.79 Å². The summed E-state index contributed by atoms with van der Waals surface area (Å²) in [5, 5.41) is 0. The Morgan fingerprint density at radius 2 is 1.88 bits per heavy atom. The average molecular weight is 350 g/mol. The number of amides is 2. The van der Waals surface area contributed by atoms with Gasteiger partial charge < -0.3 is 4.90 Å². The van der Waals surface area contributed by atoms with Crippen molar-refractivity contribution in [3.05, 3.63) is 59.9 Å². The van der Waals surface area contributed by atoms with Gasteiger partial charge in [-0.05, 0) is 37.6 Å². The highest BCUT2D eigenvalue weighted by molar-refractivity contribution is 5.93. The van der Waals surface area contributed by atoms with Crippen LogP contribution in [0.3, 0.4) is 0 Å². The molecule has 1 fully saturated rings. The number of nitrogens with zero attached hydrogens (tertiary/aromatic N) is 4. The average Bonchev–Trinajstić information content (AvgIpc) is 3.12. The summed E-state index contributed by atoms with van der Waals surface area (Å²) in [5.74, 6) is 0. The minimum absolute atomic E-state index is 0.140. The fraction of sp³-hybridized carbons (Fsp3) is 0.429. The van der Waals surface area contributed by atoms with Crippen LogP contribution in [-0.2, 0) is 13.0 Å².